The Kier molecular flexibility index (Phi) is 43.8. The summed E-state index contributed by atoms with van der Waals surface area (Å²) < 4.78 is 1.67. The second kappa shape index (κ2) is 27.7. The third kappa shape index (κ3) is 42.7. The van der Waals surface area contributed by atoms with Crippen LogP contribution in [0.2, 0.25) is 0 Å². The fourth-order valence-corrected chi connectivity index (χ4v) is 1.51. The third-order valence-electron chi connectivity index (χ3n) is 3.34. The number of rotatable bonds is 10. The molecule has 0 aromatic rings. The Hall–Kier alpha value is 1.68. The van der Waals surface area contributed by atoms with Gasteiger partial charge in [-0.05, 0) is 14.1 Å². The molecule has 0 atom stereocenters. The number of aliphatic hydroxyl groups is 3. The van der Waals surface area contributed by atoms with Gasteiger partial charge in [0.05, 0.1) is 48.0 Å². The lowest BCUT2D eigenvalue weighted by Crippen LogP contribution is -3.00. The molecule has 0 radical (unpaired) electrons. The Morgan fingerprint density at radius 1 is 0.667 bits per heavy atom. The molecule has 0 aromatic carbocycles. The van der Waals surface area contributed by atoms with Crippen molar-refractivity contribution in [3.05, 3.63) is 0 Å². The number of hydrogen-bond acceptors (Lipinski definition) is 4. The van der Waals surface area contributed by atoms with Crippen molar-refractivity contribution in [2.24, 2.45) is 0 Å². The molecule has 0 aliphatic heterocycles. The van der Waals surface area contributed by atoms with Gasteiger partial charge >= 0.3 is 0 Å². The summed E-state index contributed by atoms with van der Waals surface area (Å²) in [6.45, 7) is 5.12. The van der Waals surface area contributed by atoms with Crippen molar-refractivity contribution in [1.82, 2.24) is 4.90 Å². The molecular weight excluding hydrogens is 614 g/mol. The Labute approximate surface area is 206 Å². The van der Waals surface area contributed by atoms with E-state index in [-0.39, 0.29) is 61.2 Å². The molecule has 0 fully saturated rings. The van der Waals surface area contributed by atoms with Crippen LogP contribution >= 0.6 is 31.9 Å². The van der Waals surface area contributed by atoms with E-state index >= 15 is 0 Å². The van der Waals surface area contributed by atoms with Crippen molar-refractivity contribution in [3.63, 3.8) is 0 Å². The van der Waals surface area contributed by atoms with E-state index in [4.69, 9.17) is 15.3 Å². The van der Waals surface area contributed by atoms with E-state index in [2.05, 4.69) is 60.1 Å². The molecule has 0 aromatic heterocycles. The Morgan fingerprint density at radius 3 is 1.07 bits per heavy atom. The minimum atomic E-state index is 0. The second-order valence-corrected chi connectivity index (χ2v) is 8.70. The predicted octanol–water partition coefficient (Wildman–Crippen LogP) is -4.92. The van der Waals surface area contributed by atoms with E-state index < -0.39 is 0 Å². The standard InChI is InChI=1S/C10H26N2O2.C4H11NO.C2H4Br2.CH4.2BrH/c1-11(2,7-9-13)5-6-12(3,4)8-10-14;1-5(2)3-4-6;3-1-2-4;;;/h13-14H,5-10H2,1-4H3;6H,3-4H2,1-2H3;1-2H2;1H4;2*1H/q+2;;;;;/p-2. The molecule has 0 heterocycles. The van der Waals surface area contributed by atoms with Crippen molar-refractivity contribution in [1.29, 1.82) is 0 Å². The molecule has 0 bridgehead atoms. The van der Waals surface area contributed by atoms with Gasteiger partial charge in [-0.25, -0.2) is 0 Å². The zero-order valence-electron chi connectivity index (χ0n) is 17.3. The van der Waals surface area contributed by atoms with Gasteiger partial charge in [-0.3, -0.25) is 0 Å². The van der Waals surface area contributed by atoms with E-state index in [0.717, 1.165) is 52.4 Å². The topological polar surface area (TPSA) is 63.9 Å². The lowest BCUT2D eigenvalue weighted by atomic mass is 10.3. The number of likely N-dealkylation sites (N-methyl/N-ethyl adjacent to an activating group) is 3. The first kappa shape index (κ1) is 42.7. The number of aliphatic hydroxyl groups excluding tert-OH is 3. The van der Waals surface area contributed by atoms with Crippen LogP contribution in [-0.2, 0) is 0 Å². The molecule has 0 unspecified atom stereocenters. The molecule has 10 heteroatoms. The highest BCUT2D eigenvalue weighted by molar-refractivity contribution is 9.11. The molecule has 3 N–H and O–H groups in total. The quantitative estimate of drug-likeness (QED) is 0.163. The van der Waals surface area contributed by atoms with E-state index in [1.165, 1.54) is 0 Å². The van der Waals surface area contributed by atoms with Crippen LogP contribution in [0, 0.1) is 0 Å². The fraction of sp³-hybridized carbons (Fsp3) is 1.00. The van der Waals surface area contributed by atoms with Crippen molar-refractivity contribution in [2.75, 3.05) is 105 Å². The van der Waals surface area contributed by atoms with Gasteiger partial charge < -0.3 is 63.1 Å². The lowest BCUT2D eigenvalue weighted by Gasteiger charge is -2.35. The molecule has 0 spiro atoms. The van der Waals surface area contributed by atoms with Crippen LogP contribution in [-0.4, -0.2) is 135 Å². The molecule has 0 rings (SSSR count). The maximum atomic E-state index is 8.87. The van der Waals surface area contributed by atoms with Gasteiger partial charge in [0, 0.05) is 17.2 Å². The Balaban J connectivity index is -0.0000000718. The maximum Gasteiger partial charge on any atom is 0.128 e. The van der Waals surface area contributed by atoms with Gasteiger partial charge in [0.15, 0.2) is 0 Å². The molecule has 0 aliphatic carbocycles. The smallest absolute Gasteiger partial charge is 0.128 e. The van der Waals surface area contributed by atoms with Crippen molar-refractivity contribution >= 4 is 31.9 Å². The normalized spacial score (nSPS) is 10.2. The lowest BCUT2D eigenvalue weighted by molar-refractivity contribution is -0.946. The van der Waals surface area contributed by atoms with Gasteiger partial charge in [0.25, 0.3) is 0 Å². The van der Waals surface area contributed by atoms with E-state index in [0.29, 0.717) is 0 Å². The highest BCUT2D eigenvalue weighted by atomic mass is 79.9. The van der Waals surface area contributed by atoms with Gasteiger partial charge in [0.2, 0.25) is 0 Å². The van der Waals surface area contributed by atoms with Crippen LogP contribution in [0.4, 0.5) is 0 Å². The van der Waals surface area contributed by atoms with Crippen LogP contribution in [0.25, 0.3) is 0 Å². The van der Waals surface area contributed by atoms with Crippen molar-refractivity contribution < 1.29 is 58.2 Å². The summed E-state index contributed by atoms with van der Waals surface area (Å²) in [4.78, 5) is 1.93. The van der Waals surface area contributed by atoms with Crippen LogP contribution < -0.4 is 34.0 Å². The van der Waals surface area contributed by atoms with Crippen LogP contribution in [0.15, 0.2) is 0 Å². The molecule has 0 saturated heterocycles. The van der Waals surface area contributed by atoms with Gasteiger partial charge in [0.1, 0.15) is 26.2 Å². The largest absolute Gasteiger partial charge is 1.00 e. The minimum Gasteiger partial charge on any atom is -1.00 e. The third-order valence-corrected chi connectivity index (χ3v) is 5.20. The monoisotopic (exact) mass is 655 g/mol. The van der Waals surface area contributed by atoms with Crippen molar-refractivity contribution in [3.8, 4) is 0 Å². The summed E-state index contributed by atoms with van der Waals surface area (Å²) in [5.74, 6) is 0. The van der Waals surface area contributed by atoms with Gasteiger partial charge in [-0.1, -0.05) is 39.3 Å². The molecular formula is C17H45Br4N3O3. The highest BCUT2D eigenvalue weighted by Gasteiger charge is 2.21. The first-order chi connectivity index (χ1) is 11.0. The first-order valence-corrected chi connectivity index (χ1v) is 10.5. The number of alkyl halides is 2. The van der Waals surface area contributed by atoms with E-state index in [1.54, 1.807) is 0 Å². The molecule has 27 heavy (non-hydrogen) atoms. The minimum absolute atomic E-state index is 0. The summed E-state index contributed by atoms with van der Waals surface area (Å²) in [6.07, 6.45) is 0. The van der Waals surface area contributed by atoms with Crippen molar-refractivity contribution in [2.45, 2.75) is 7.43 Å². The molecule has 0 aliphatic rings. The highest BCUT2D eigenvalue weighted by Crippen LogP contribution is 2.01. The second-order valence-electron chi connectivity index (χ2n) is 7.12. The summed E-state index contributed by atoms with van der Waals surface area (Å²) in [7, 11) is 12.3. The summed E-state index contributed by atoms with van der Waals surface area (Å²) in [6, 6.07) is 0. The van der Waals surface area contributed by atoms with E-state index in [1.807, 2.05) is 19.0 Å². The first-order valence-electron chi connectivity index (χ1n) is 8.25. The average Bonchev–Trinajstić information content (AvgIpc) is 2.46. The maximum absolute atomic E-state index is 8.87. The fourth-order valence-electron chi connectivity index (χ4n) is 1.51. The van der Waals surface area contributed by atoms with Gasteiger partial charge in [-0.15, -0.1) is 0 Å². The van der Waals surface area contributed by atoms with Crippen LogP contribution in [0.3, 0.4) is 0 Å². The molecule has 6 nitrogen and oxygen atoms in total. The number of nitrogens with zero attached hydrogens (tertiary/aromatic N) is 3. The van der Waals surface area contributed by atoms with Crippen LogP contribution in [0.5, 0.6) is 0 Å². The zero-order valence-corrected chi connectivity index (χ0v) is 23.6. The Morgan fingerprint density at radius 2 is 0.963 bits per heavy atom. The average molecular weight is 659 g/mol. The summed E-state index contributed by atoms with van der Waals surface area (Å²) >= 11 is 6.40. The number of halogens is 4. The molecule has 174 valence electrons. The summed E-state index contributed by atoms with van der Waals surface area (Å²) in [5.41, 5.74) is 0. The summed E-state index contributed by atoms with van der Waals surface area (Å²) in [5, 5.41) is 28.0. The van der Waals surface area contributed by atoms with E-state index in [9.17, 15) is 0 Å². The number of hydrogen-bond donors (Lipinski definition) is 3. The van der Waals surface area contributed by atoms with Gasteiger partial charge in [-0.2, -0.15) is 0 Å². The SMILES string of the molecule is BrCCBr.C.CN(C)CCO.C[N+](C)(CCO)CC[N+](C)(C)CCO.[Br-].[Br-]. The Bertz CT molecular complexity index is 244. The molecule has 0 amide bonds. The van der Waals surface area contributed by atoms with Crippen LogP contribution in [0.1, 0.15) is 7.43 Å². The molecule has 0 saturated carbocycles. The zero-order chi connectivity index (χ0) is 19.6. The predicted molar refractivity (Wildman–Crippen MR) is 118 cm³/mol. The number of quaternary nitrogens is 2.